The summed E-state index contributed by atoms with van der Waals surface area (Å²) in [5.74, 6) is -0.721. The molecule has 3 heteroatoms. The summed E-state index contributed by atoms with van der Waals surface area (Å²) < 4.78 is 20.2. The van der Waals surface area contributed by atoms with Crippen LogP contribution in [-0.4, -0.2) is 12.1 Å². The van der Waals surface area contributed by atoms with Crippen molar-refractivity contribution in [2.75, 3.05) is 0 Å². The molecule has 1 unspecified atom stereocenters. The second kappa shape index (κ2) is 5.72. The molecule has 0 aliphatic heterocycles. The lowest BCUT2D eigenvalue weighted by atomic mass is 9.98. The molecule has 0 heterocycles. The summed E-state index contributed by atoms with van der Waals surface area (Å²) in [6, 6.07) is 7.22. The number of fused-ring (bicyclic) bond motifs is 1. The van der Waals surface area contributed by atoms with E-state index in [1.165, 1.54) is 0 Å². The first-order valence-electron chi connectivity index (χ1n) is 7.06. The van der Waals surface area contributed by atoms with Gasteiger partial charge in [-0.2, -0.15) is 0 Å². The zero-order valence-corrected chi connectivity index (χ0v) is 11.6. The first-order chi connectivity index (χ1) is 9.08. The van der Waals surface area contributed by atoms with Gasteiger partial charge in [0, 0.05) is 12.0 Å². The lowest BCUT2D eigenvalue weighted by molar-refractivity contribution is -0.163. The Morgan fingerprint density at radius 1 is 1.47 bits per heavy atom. The molecule has 0 aromatic heterocycles. The first kappa shape index (κ1) is 14.0. The van der Waals surface area contributed by atoms with Crippen molar-refractivity contribution in [3.8, 4) is 0 Å². The van der Waals surface area contributed by atoms with Crippen molar-refractivity contribution in [1.29, 1.82) is 0 Å². The first-order valence-corrected chi connectivity index (χ1v) is 7.06. The minimum absolute atomic E-state index is 0.200. The van der Waals surface area contributed by atoms with Gasteiger partial charge in [0.2, 0.25) is 5.67 Å². The molecular weight excluding hydrogens is 243 g/mol. The Morgan fingerprint density at radius 3 is 2.95 bits per heavy atom. The number of rotatable bonds is 5. The summed E-state index contributed by atoms with van der Waals surface area (Å²) in [6.45, 7) is 3.91. The number of aryl methyl sites for hydroxylation is 1. The molecule has 1 aliphatic carbocycles. The summed E-state index contributed by atoms with van der Waals surface area (Å²) in [7, 11) is 0. The maximum atomic E-state index is 14.9. The average Bonchev–Trinajstić information content (AvgIpc) is 2.76. The zero-order chi connectivity index (χ0) is 13.9. The number of ether oxygens (including phenoxy) is 1. The van der Waals surface area contributed by atoms with Gasteiger partial charge in [-0.05, 0) is 25.3 Å². The number of unbranched alkanes of at least 4 members (excludes halogenated alkanes) is 1. The van der Waals surface area contributed by atoms with Crippen LogP contribution < -0.4 is 0 Å². The van der Waals surface area contributed by atoms with Crippen LogP contribution in [0.15, 0.2) is 24.3 Å². The van der Waals surface area contributed by atoms with Crippen LogP contribution in [0.25, 0.3) is 0 Å². The third-order valence-electron chi connectivity index (χ3n) is 3.78. The van der Waals surface area contributed by atoms with Crippen molar-refractivity contribution in [2.24, 2.45) is 0 Å². The highest BCUT2D eigenvalue weighted by Gasteiger charge is 2.47. The summed E-state index contributed by atoms with van der Waals surface area (Å²) in [5, 5.41) is 0. The molecule has 1 aliphatic rings. The molecule has 0 spiro atoms. The van der Waals surface area contributed by atoms with E-state index in [-0.39, 0.29) is 12.5 Å². The van der Waals surface area contributed by atoms with E-state index in [1.807, 2.05) is 19.1 Å². The fourth-order valence-corrected chi connectivity index (χ4v) is 2.61. The SMILES string of the molecule is CCCC[C@H](C)OC(=O)C1(F)CCc2ccccc21. The van der Waals surface area contributed by atoms with E-state index in [0.29, 0.717) is 12.0 Å². The van der Waals surface area contributed by atoms with Crippen LogP contribution in [-0.2, 0) is 21.6 Å². The van der Waals surface area contributed by atoms with E-state index in [9.17, 15) is 9.18 Å². The number of benzene rings is 1. The van der Waals surface area contributed by atoms with Gasteiger partial charge in [-0.15, -0.1) is 0 Å². The molecule has 1 aromatic rings. The third-order valence-corrected chi connectivity index (χ3v) is 3.78. The van der Waals surface area contributed by atoms with Gasteiger partial charge in [-0.1, -0.05) is 44.0 Å². The second-order valence-electron chi connectivity index (χ2n) is 5.32. The number of alkyl halides is 1. The van der Waals surface area contributed by atoms with E-state index in [4.69, 9.17) is 4.74 Å². The topological polar surface area (TPSA) is 26.3 Å². The summed E-state index contributed by atoms with van der Waals surface area (Å²) in [5.41, 5.74) is -0.539. The maximum Gasteiger partial charge on any atom is 0.348 e. The molecule has 104 valence electrons. The number of halogens is 1. The Bertz CT molecular complexity index is 458. The molecule has 2 nitrogen and oxygen atoms in total. The van der Waals surface area contributed by atoms with Crippen LogP contribution >= 0.6 is 0 Å². The van der Waals surface area contributed by atoms with Crippen LogP contribution in [0, 0.1) is 0 Å². The minimum Gasteiger partial charge on any atom is -0.460 e. The smallest absolute Gasteiger partial charge is 0.348 e. The quantitative estimate of drug-likeness (QED) is 0.753. The molecule has 0 saturated carbocycles. The summed E-state index contributed by atoms with van der Waals surface area (Å²) in [4.78, 5) is 12.1. The molecule has 0 N–H and O–H groups in total. The van der Waals surface area contributed by atoms with Crippen molar-refractivity contribution in [3.63, 3.8) is 0 Å². The molecule has 2 atom stereocenters. The summed E-state index contributed by atoms with van der Waals surface area (Å²) in [6.07, 6.45) is 3.42. The number of carbonyl (C=O) groups excluding carboxylic acids is 1. The number of hydrogen-bond donors (Lipinski definition) is 0. The molecule has 0 radical (unpaired) electrons. The van der Waals surface area contributed by atoms with Crippen LogP contribution in [0.1, 0.15) is 50.7 Å². The highest BCUT2D eigenvalue weighted by atomic mass is 19.1. The van der Waals surface area contributed by atoms with Gasteiger partial charge in [0.05, 0.1) is 6.10 Å². The fourth-order valence-electron chi connectivity index (χ4n) is 2.61. The van der Waals surface area contributed by atoms with Gasteiger partial charge in [-0.25, -0.2) is 9.18 Å². The van der Waals surface area contributed by atoms with Crippen molar-refractivity contribution >= 4 is 5.97 Å². The predicted octanol–water partition coefficient (Wildman–Crippen LogP) is 3.92. The van der Waals surface area contributed by atoms with Crippen LogP contribution in [0.3, 0.4) is 0 Å². The molecule has 2 rings (SSSR count). The van der Waals surface area contributed by atoms with Gasteiger partial charge < -0.3 is 4.74 Å². The van der Waals surface area contributed by atoms with Gasteiger partial charge in [0.25, 0.3) is 0 Å². The Balaban J connectivity index is 2.07. The lowest BCUT2D eigenvalue weighted by Crippen LogP contribution is -2.33. The summed E-state index contributed by atoms with van der Waals surface area (Å²) >= 11 is 0. The van der Waals surface area contributed by atoms with Gasteiger partial charge in [0.1, 0.15) is 0 Å². The van der Waals surface area contributed by atoms with E-state index < -0.39 is 11.6 Å². The number of hydrogen-bond acceptors (Lipinski definition) is 2. The molecule has 0 bridgehead atoms. The Hall–Kier alpha value is -1.38. The monoisotopic (exact) mass is 264 g/mol. The molecule has 0 fully saturated rings. The van der Waals surface area contributed by atoms with Gasteiger partial charge >= 0.3 is 5.97 Å². The third kappa shape index (κ3) is 2.80. The molecule has 0 amide bonds. The van der Waals surface area contributed by atoms with E-state index in [1.54, 1.807) is 12.1 Å². The standard InChI is InChI=1S/C16H21FO2/c1-3-4-7-12(2)19-15(18)16(17)11-10-13-8-5-6-9-14(13)16/h5-6,8-9,12H,3-4,7,10-11H2,1-2H3/t12-,16?/m0/s1. The number of esters is 1. The Morgan fingerprint density at radius 2 is 2.21 bits per heavy atom. The molecule has 1 aromatic carbocycles. The molecule has 19 heavy (non-hydrogen) atoms. The zero-order valence-electron chi connectivity index (χ0n) is 11.6. The molecule has 0 saturated heterocycles. The van der Waals surface area contributed by atoms with Gasteiger partial charge in [0.15, 0.2) is 0 Å². The average molecular weight is 264 g/mol. The Kier molecular flexibility index (Phi) is 4.23. The van der Waals surface area contributed by atoms with Crippen LogP contribution in [0.4, 0.5) is 4.39 Å². The molecular formula is C16H21FO2. The Labute approximate surface area is 114 Å². The van der Waals surface area contributed by atoms with Crippen LogP contribution in [0.5, 0.6) is 0 Å². The van der Waals surface area contributed by atoms with Crippen molar-refractivity contribution < 1.29 is 13.9 Å². The fraction of sp³-hybridized carbons (Fsp3) is 0.562. The highest BCUT2D eigenvalue weighted by Crippen LogP contribution is 2.41. The van der Waals surface area contributed by atoms with Crippen LogP contribution in [0.2, 0.25) is 0 Å². The van der Waals surface area contributed by atoms with Crippen molar-refractivity contribution in [2.45, 2.75) is 57.7 Å². The van der Waals surface area contributed by atoms with E-state index in [2.05, 4.69) is 6.92 Å². The largest absolute Gasteiger partial charge is 0.460 e. The highest BCUT2D eigenvalue weighted by molar-refractivity contribution is 5.83. The van der Waals surface area contributed by atoms with E-state index >= 15 is 0 Å². The van der Waals surface area contributed by atoms with E-state index in [0.717, 1.165) is 24.8 Å². The lowest BCUT2D eigenvalue weighted by Gasteiger charge is -2.22. The second-order valence-corrected chi connectivity index (χ2v) is 5.32. The minimum atomic E-state index is -1.95. The van der Waals surface area contributed by atoms with Crippen molar-refractivity contribution in [1.82, 2.24) is 0 Å². The van der Waals surface area contributed by atoms with Crippen molar-refractivity contribution in [3.05, 3.63) is 35.4 Å². The number of carbonyl (C=O) groups is 1. The predicted molar refractivity (Wildman–Crippen MR) is 72.6 cm³/mol. The van der Waals surface area contributed by atoms with Gasteiger partial charge in [-0.3, -0.25) is 0 Å². The maximum absolute atomic E-state index is 14.9. The normalized spacial score (nSPS) is 22.9.